The number of hydrogen-bond acceptors (Lipinski definition) is 4. The smallest absolute Gasteiger partial charge is 0.421 e. The summed E-state index contributed by atoms with van der Waals surface area (Å²) in [6.07, 6.45) is 2.33. The van der Waals surface area contributed by atoms with E-state index in [0.29, 0.717) is 6.42 Å². The lowest BCUT2D eigenvalue weighted by Crippen LogP contribution is -2.07. The third-order valence-corrected chi connectivity index (χ3v) is 6.50. The molecule has 0 amide bonds. The summed E-state index contributed by atoms with van der Waals surface area (Å²) in [5, 5.41) is 17.0. The molecule has 5 aromatic rings. The lowest BCUT2D eigenvalue weighted by atomic mass is 9.87. The molecular formula is C32H24F3N3O3. The van der Waals surface area contributed by atoms with E-state index in [2.05, 4.69) is 15.2 Å². The summed E-state index contributed by atoms with van der Waals surface area (Å²) >= 11 is 0. The quantitative estimate of drug-likeness (QED) is 0.149. The topological polar surface area (TPSA) is 88.1 Å². The van der Waals surface area contributed by atoms with Crippen LogP contribution in [0.4, 0.5) is 13.2 Å². The standard InChI is InChI=1S/C32H24F3N3O3/c1-2-26(22-4-3-5-25(17-22)41-29-14-15-36-19-27(29)32(33,34)35)31(23-11-12-28-24(16-23)18-37-38-28)21-9-6-20(7-10-21)8-13-30(39)40/h3-19H,2H2,1H3,(H,37,38)(H,39,40)/b13-8+,31-26+. The van der Waals surface area contributed by atoms with Crippen LogP contribution in [-0.4, -0.2) is 26.3 Å². The highest BCUT2D eigenvalue weighted by Crippen LogP contribution is 2.39. The minimum absolute atomic E-state index is 0.254. The molecule has 2 N–H and O–H groups in total. The van der Waals surface area contributed by atoms with Crippen molar-refractivity contribution in [1.82, 2.24) is 15.2 Å². The fourth-order valence-electron chi connectivity index (χ4n) is 4.62. The second-order valence-corrected chi connectivity index (χ2v) is 9.17. The summed E-state index contributed by atoms with van der Waals surface area (Å²) in [7, 11) is 0. The van der Waals surface area contributed by atoms with Crippen LogP contribution in [0.1, 0.15) is 41.2 Å². The van der Waals surface area contributed by atoms with Crippen molar-refractivity contribution in [3.63, 3.8) is 0 Å². The lowest BCUT2D eigenvalue weighted by molar-refractivity contribution is -0.138. The Morgan fingerprint density at radius 1 is 0.976 bits per heavy atom. The van der Waals surface area contributed by atoms with Crippen LogP contribution >= 0.6 is 0 Å². The number of nitrogens with zero attached hydrogens (tertiary/aromatic N) is 2. The predicted octanol–water partition coefficient (Wildman–Crippen LogP) is 8.24. The van der Waals surface area contributed by atoms with Gasteiger partial charge in [-0.05, 0) is 76.2 Å². The molecule has 0 aliphatic heterocycles. The zero-order valence-corrected chi connectivity index (χ0v) is 21.8. The molecule has 0 aliphatic rings. The molecule has 0 bridgehead atoms. The average molecular weight is 556 g/mol. The summed E-state index contributed by atoms with van der Waals surface area (Å²) < 4.78 is 46.3. The van der Waals surface area contributed by atoms with E-state index in [1.807, 2.05) is 55.5 Å². The second-order valence-electron chi connectivity index (χ2n) is 9.17. The fraction of sp³-hybridized carbons (Fsp3) is 0.0938. The van der Waals surface area contributed by atoms with E-state index in [9.17, 15) is 18.0 Å². The maximum absolute atomic E-state index is 13.5. The molecule has 0 saturated carbocycles. The van der Waals surface area contributed by atoms with Gasteiger partial charge in [0.05, 0.1) is 11.7 Å². The molecule has 5 rings (SSSR count). The van der Waals surface area contributed by atoms with E-state index in [0.717, 1.165) is 56.6 Å². The predicted molar refractivity (Wildman–Crippen MR) is 151 cm³/mol. The number of pyridine rings is 1. The molecule has 0 radical (unpaired) electrons. The third-order valence-electron chi connectivity index (χ3n) is 6.50. The Kier molecular flexibility index (Phi) is 7.69. The van der Waals surface area contributed by atoms with Gasteiger partial charge in [0.25, 0.3) is 0 Å². The van der Waals surface area contributed by atoms with Crippen molar-refractivity contribution < 1.29 is 27.8 Å². The molecule has 2 aromatic heterocycles. The van der Waals surface area contributed by atoms with Gasteiger partial charge in [-0.15, -0.1) is 0 Å². The van der Waals surface area contributed by atoms with Crippen LogP contribution in [-0.2, 0) is 11.0 Å². The summed E-state index contributed by atoms with van der Waals surface area (Å²) in [4.78, 5) is 14.5. The molecule has 0 aliphatic carbocycles. The Labute approximate surface area is 233 Å². The number of H-pyrrole nitrogens is 1. The molecule has 9 heteroatoms. The van der Waals surface area contributed by atoms with Gasteiger partial charge >= 0.3 is 12.1 Å². The minimum Gasteiger partial charge on any atom is -0.478 e. The first-order valence-corrected chi connectivity index (χ1v) is 12.7. The number of carboxylic acid groups (broad SMARTS) is 1. The van der Waals surface area contributed by atoms with Crippen molar-refractivity contribution in [2.75, 3.05) is 0 Å². The van der Waals surface area contributed by atoms with Gasteiger partial charge in [0.1, 0.15) is 17.1 Å². The SMILES string of the molecule is CC/C(=C(/c1ccc(/C=C/C(=O)O)cc1)c1ccc2[nH]ncc2c1)c1cccc(Oc2ccncc2C(F)(F)F)c1. The van der Waals surface area contributed by atoms with Crippen LogP contribution in [0.5, 0.6) is 11.5 Å². The van der Waals surface area contributed by atoms with Crippen molar-refractivity contribution in [2.45, 2.75) is 19.5 Å². The maximum Gasteiger partial charge on any atom is 0.421 e. The number of allylic oxidation sites excluding steroid dienone is 1. The molecule has 2 heterocycles. The molecular weight excluding hydrogens is 531 g/mol. The van der Waals surface area contributed by atoms with Crippen molar-refractivity contribution in [3.05, 3.63) is 125 Å². The number of aromatic amines is 1. The summed E-state index contributed by atoms with van der Waals surface area (Å²) in [5.74, 6) is -1.11. The number of aromatic nitrogens is 3. The van der Waals surface area contributed by atoms with Crippen LogP contribution in [0.15, 0.2) is 97.5 Å². The van der Waals surface area contributed by atoms with Crippen LogP contribution < -0.4 is 4.74 Å². The summed E-state index contributed by atoms with van der Waals surface area (Å²) in [6.45, 7) is 2.01. The zero-order valence-electron chi connectivity index (χ0n) is 21.8. The molecule has 3 aromatic carbocycles. The van der Waals surface area contributed by atoms with E-state index in [1.165, 1.54) is 18.3 Å². The molecule has 206 valence electrons. The highest BCUT2D eigenvalue weighted by Gasteiger charge is 2.35. The number of halogens is 3. The average Bonchev–Trinajstić information content (AvgIpc) is 3.43. The number of fused-ring (bicyclic) bond motifs is 1. The first-order chi connectivity index (χ1) is 19.7. The van der Waals surface area contributed by atoms with E-state index in [4.69, 9.17) is 9.84 Å². The van der Waals surface area contributed by atoms with Gasteiger partial charge in [0, 0.05) is 23.9 Å². The number of nitrogens with one attached hydrogen (secondary N) is 1. The number of carbonyl (C=O) groups is 1. The number of rotatable bonds is 8. The van der Waals surface area contributed by atoms with Crippen molar-refractivity contribution in [2.24, 2.45) is 0 Å². The molecule has 0 saturated heterocycles. The second kappa shape index (κ2) is 11.5. The number of ether oxygens (including phenoxy) is 1. The minimum atomic E-state index is -4.61. The monoisotopic (exact) mass is 555 g/mol. The Balaban J connectivity index is 1.63. The Morgan fingerprint density at radius 2 is 1.76 bits per heavy atom. The van der Waals surface area contributed by atoms with Crippen LogP contribution in [0, 0.1) is 0 Å². The van der Waals surface area contributed by atoms with E-state index >= 15 is 0 Å². The molecule has 41 heavy (non-hydrogen) atoms. The largest absolute Gasteiger partial charge is 0.478 e. The van der Waals surface area contributed by atoms with E-state index in [1.54, 1.807) is 24.4 Å². The van der Waals surface area contributed by atoms with Gasteiger partial charge < -0.3 is 9.84 Å². The number of aliphatic carboxylic acids is 1. The molecule has 0 atom stereocenters. The number of alkyl halides is 3. The van der Waals surface area contributed by atoms with Crippen molar-refractivity contribution in [3.8, 4) is 11.5 Å². The molecule has 0 unspecified atom stereocenters. The van der Waals surface area contributed by atoms with Gasteiger partial charge in [0.15, 0.2) is 0 Å². The normalized spacial score (nSPS) is 12.5. The van der Waals surface area contributed by atoms with Gasteiger partial charge in [-0.25, -0.2) is 4.79 Å². The highest BCUT2D eigenvalue weighted by atomic mass is 19.4. The molecule has 0 spiro atoms. The highest BCUT2D eigenvalue weighted by molar-refractivity contribution is 6.00. The van der Waals surface area contributed by atoms with Gasteiger partial charge in [-0.1, -0.05) is 49.4 Å². The van der Waals surface area contributed by atoms with Crippen molar-refractivity contribution >= 4 is 34.1 Å². The number of carboxylic acids is 1. The van der Waals surface area contributed by atoms with Crippen molar-refractivity contribution in [1.29, 1.82) is 0 Å². The van der Waals surface area contributed by atoms with Gasteiger partial charge in [0.2, 0.25) is 0 Å². The van der Waals surface area contributed by atoms with E-state index in [-0.39, 0.29) is 11.5 Å². The molecule has 6 nitrogen and oxygen atoms in total. The number of benzene rings is 3. The summed E-state index contributed by atoms with van der Waals surface area (Å²) in [6, 6.07) is 21.6. The zero-order chi connectivity index (χ0) is 29.0. The van der Waals surface area contributed by atoms with Crippen LogP contribution in [0.25, 0.3) is 28.1 Å². The van der Waals surface area contributed by atoms with Crippen LogP contribution in [0.3, 0.4) is 0 Å². The van der Waals surface area contributed by atoms with Gasteiger partial charge in [-0.2, -0.15) is 18.3 Å². The lowest BCUT2D eigenvalue weighted by Gasteiger charge is -2.18. The Morgan fingerprint density at radius 3 is 2.49 bits per heavy atom. The summed E-state index contributed by atoms with van der Waals surface area (Å²) in [5.41, 5.74) is 5.11. The number of hydrogen-bond donors (Lipinski definition) is 2. The van der Waals surface area contributed by atoms with Crippen LogP contribution in [0.2, 0.25) is 0 Å². The first-order valence-electron chi connectivity index (χ1n) is 12.7. The first kappa shape index (κ1) is 27.4. The Hall–Kier alpha value is -5.18. The Bertz CT molecular complexity index is 1770. The molecule has 0 fully saturated rings. The van der Waals surface area contributed by atoms with E-state index < -0.39 is 17.7 Å². The maximum atomic E-state index is 13.5. The van der Waals surface area contributed by atoms with Gasteiger partial charge in [-0.3, -0.25) is 10.1 Å². The third kappa shape index (κ3) is 6.19. The fourth-order valence-corrected chi connectivity index (χ4v) is 4.62.